The van der Waals surface area contributed by atoms with E-state index in [1.54, 1.807) is 0 Å². The van der Waals surface area contributed by atoms with E-state index in [0.29, 0.717) is 17.8 Å². The fourth-order valence-corrected chi connectivity index (χ4v) is 3.82. The van der Waals surface area contributed by atoms with Crippen molar-refractivity contribution < 1.29 is 4.79 Å². The maximum absolute atomic E-state index is 12.4. The molecule has 0 radical (unpaired) electrons. The summed E-state index contributed by atoms with van der Waals surface area (Å²) in [5.41, 5.74) is 0.453. The monoisotopic (exact) mass is 319 g/mol. The predicted octanol–water partition coefficient (Wildman–Crippen LogP) is 2.15. The molecule has 1 saturated heterocycles. The summed E-state index contributed by atoms with van der Waals surface area (Å²) in [5.74, 6) is 1.48. The zero-order valence-corrected chi connectivity index (χ0v) is 14.3. The van der Waals surface area contributed by atoms with E-state index < -0.39 is 0 Å². The second-order valence-electron chi connectivity index (χ2n) is 7.39. The molecular formula is C17H29N5O. The van der Waals surface area contributed by atoms with Crippen LogP contribution in [-0.4, -0.2) is 40.0 Å². The molecule has 1 amide bonds. The lowest BCUT2D eigenvalue weighted by atomic mass is 9.80. The van der Waals surface area contributed by atoms with Gasteiger partial charge in [-0.15, -0.1) is 5.10 Å². The topological polar surface area (TPSA) is 71.8 Å². The summed E-state index contributed by atoms with van der Waals surface area (Å²) in [6.45, 7) is 6.60. The third-order valence-corrected chi connectivity index (χ3v) is 5.48. The highest BCUT2D eigenvalue weighted by atomic mass is 16.2. The van der Waals surface area contributed by atoms with E-state index in [2.05, 4.69) is 34.8 Å². The van der Waals surface area contributed by atoms with Crippen LogP contribution in [0.15, 0.2) is 6.20 Å². The van der Waals surface area contributed by atoms with Crippen LogP contribution in [-0.2, 0) is 0 Å². The van der Waals surface area contributed by atoms with E-state index in [9.17, 15) is 4.79 Å². The fraction of sp³-hybridized carbons (Fsp3) is 0.824. The molecule has 2 fully saturated rings. The van der Waals surface area contributed by atoms with Gasteiger partial charge in [-0.3, -0.25) is 4.79 Å². The molecule has 3 rings (SSSR count). The summed E-state index contributed by atoms with van der Waals surface area (Å²) in [6.07, 6.45) is 8.49. The summed E-state index contributed by atoms with van der Waals surface area (Å²) >= 11 is 0. The van der Waals surface area contributed by atoms with Gasteiger partial charge in [-0.25, -0.2) is 4.68 Å². The number of amides is 1. The van der Waals surface area contributed by atoms with Crippen molar-refractivity contribution >= 4 is 5.91 Å². The lowest BCUT2D eigenvalue weighted by Gasteiger charge is -2.31. The Bertz CT molecular complexity index is 513. The third-order valence-electron chi connectivity index (χ3n) is 5.48. The van der Waals surface area contributed by atoms with Crippen molar-refractivity contribution in [1.29, 1.82) is 0 Å². The minimum absolute atomic E-state index is 0.0711. The zero-order valence-electron chi connectivity index (χ0n) is 14.3. The Kier molecular flexibility index (Phi) is 5.30. The van der Waals surface area contributed by atoms with Gasteiger partial charge in [0.05, 0.1) is 12.2 Å². The highest BCUT2D eigenvalue weighted by molar-refractivity contribution is 5.92. The van der Waals surface area contributed by atoms with Crippen LogP contribution in [0.25, 0.3) is 0 Å². The Morgan fingerprint density at radius 3 is 2.57 bits per heavy atom. The van der Waals surface area contributed by atoms with Crippen molar-refractivity contribution in [3.63, 3.8) is 0 Å². The van der Waals surface area contributed by atoms with E-state index in [0.717, 1.165) is 50.6 Å². The molecule has 6 heteroatoms. The number of rotatable bonds is 4. The van der Waals surface area contributed by atoms with Crippen LogP contribution >= 0.6 is 0 Å². The molecule has 1 aliphatic heterocycles. The third kappa shape index (κ3) is 4.10. The van der Waals surface area contributed by atoms with Crippen molar-refractivity contribution in [3.8, 4) is 0 Å². The molecule has 1 aromatic rings. The van der Waals surface area contributed by atoms with Crippen LogP contribution in [0, 0.1) is 11.8 Å². The average molecular weight is 319 g/mol. The number of carbonyl (C=O) groups excluding carboxylic acids is 1. The van der Waals surface area contributed by atoms with E-state index in [1.807, 2.05) is 10.9 Å². The standard InChI is InChI=1S/C17H29N5O/c1-12(2)13-3-5-14(6-4-13)19-17(23)16-11-22(21-20-16)15-7-9-18-10-8-15/h11-15,18H,3-10H2,1-2H3,(H,19,23). The maximum Gasteiger partial charge on any atom is 0.273 e. The normalized spacial score (nSPS) is 26.4. The SMILES string of the molecule is CC(C)C1CCC(NC(=O)c2cn(C3CCNCC3)nn2)CC1. The second kappa shape index (κ2) is 7.43. The van der Waals surface area contributed by atoms with Crippen LogP contribution in [0.5, 0.6) is 0 Å². The second-order valence-corrected chi connectivity index (χ2v) is 7.39. The summed E-state index contributed by atoms with van der Waals surface area (Å²) < 4.78 is 1.87. The van der Waals surface area contributed by atoms with Gasteiger partial charge in [0.1, 0.15) is 0 Å². The van der Waals surface area contributed by atoms with Crippen molar-refractivity contribution in [2.24, 2.45) is 11.8 Å². The Balaban J connectivity index is 1.52. The first-order valence-electron chi connectivity index (χ1n) is 9.07. The van der Waals surface area contributed by atoms with E-state index in [4.69, 9.17) is 0 Å². The van der Waals surface area contributed by atoms with Gasteiger partial charge in [0.25, 0.3) is 5.91 Å². The molecule has 23 heavy (non-hydrogen) atoms. The van der Waals surface area contributed by atoms with Gasteiger partial charge in [-0.05, 0) is 63.5 Å². The Morgan fingerprint density at radius 1 is 1.22 bits per heavy atom. The van der Waals surface area contributed by atoms with Crippen molar-refractivity contribution in [1.82, 2.24) is 25.6 Å². The van der Waals surface area contributed by atoms with Crippen molar-refractivity contribution in [2.45, 2.75) is 64.5 Å². The van der Waals surface area contributed by atoms with Gasteiger partial charge in [-0.2, -0.15) is 0 Å². The Labute approximate surface area is 138 Å². The van der Waals surface area contributed by atoms with Crippen molar-refractivity contribution in [2.75, 3.05) is 13.1 Å². The van der Waals surface area contributed by atoms with E-state index in [1.165, 1.54) is 12.8 Å². The van der Waals surface area contributed by atoms with Gasteiger partial charge in [0, 0.05) is 6.04 Å². The first-order valence-corrected chi connectivity index (χ1v) is 9.07. The zero-order chi connectivity index (χ0) is 16.2. The lowest BCUT2D eigenvalue weighted by Crippen LogP contribution is -2.38. The van der Waals surface area contributed by atoms with Gasteiger partial charge in [-0.1, -0.05) is 19.1 Å². The number of hydrogen-bond donors (Lipinski definition) is 2. The quantitative estimate of drug-likeness (QED) is 0.892. The predicted molar refractivity (Wildman–Crippen MR) is 89.2 cm³/mol. The molecule has 0 spiro atoms. The summed E-state index contributed by atoms with van der Waals surface area (Å²) in [4.78, 5) is 12.4. The summed E-state index contributed by atoms with van der Waals surface area (Å²) in [5, 5.41) is 14.7. The molecule has 128 valence electrons. The number of nitrogens with zero attached hydrogens (tertiary/aromatic N) is 3. The van der Waals surface area contributed by atoms with Crippen LogP contribution in [0.4, 0.5) is 0 Å². The number of aromatic nitrogens is 3. The van der Waals surface area contributed by atoms with E-state index in [-0.39, 0.29) is 5.91 Å². The molecule has 1 saturated carbocycles. The molecule has 0 unspecified atom stereocenters. The molecule has 0 aromatic carbocycles. The number of nitrogens with one attached hydrogen (secondary N) is 2. The molecule has 2 N–H and O–H groups in total. The minimum Gasteiger partial charge on any atom is -0.348 e. The molecule has 1 aliphatic carbocycles. The molecule has 2 heterocycles. The summed E-state index contributed by atoms with van der Waals surface area (Å²) in [7, 11) is 0. The van der Waals surface area contributed by atoms with Gasteiger partial charge in [0.15, 0.2) is 5.69 Å². The maximum atomic E-state index is 12.4. The molecule has 6 nitrogen and oxygen atoms in total. The Hall–Kier alpha value is -1.43. The largest absolute Gasteiger partial charge is 0.348 e. The van der Waals surface area contributed by atoms with Crippen molar-refractivity contribution in [3.05, 3.63) is 11.9 Å². The number of hydrogen-bond acceptors (Lipinski definition) is 4. The highest BCUT2D eigenvalue weighted by Crippen LogP contribution is 2.29. The number of piperidine rings is 1. The highest BCUT2D eigenvalue weighted by Gasteiger charge is 2.25. The van der Waals surface area contributed by atoms with Gasteiger partial charge < -0.3 is 10.6 Å². The molecular weight excluding hydrogens is 290 g/mol. The lowest BCUT2D eigenvalue weighted by molar-refractivity contribution is 0.0912. The van der Waals surface area contributed by atoms with Crippen LogP contribution < -0.4 is 10.6 Å². The first-order chi connectivity index (χ1) is 11.1. The summed E-state index contributed by atoms with van der Waals surface area (Å²) in [6, 6.07) is 0.660. The average Bonchev–Trinajstić information content (AvgIpc) is 3.06. The molecule has 2 aliphatic rings. The fourth-order valence-electron chi connectivity index (χ4n) is 3.82. The number of carbonyl (C=O) groups is 1. The van der Waals surface area contributed by atoms with Crippen LogP contribution in [0.3, 0.4) is 0 Å². The first kappa shape index (κ1) is 16.4. The van der Waals surface area contributed by atoms with Gasteiger partial charge >= 0.3 is 0 Å². The Morgan fingerprint density at radius 2 is 1.91 bits per heavy atom. The minimum atomic E-state index is -0.0711. The van der Waals surface area contributed by atoms with Crippen LogP contribution in [0.2, 0.25) is 0 Å². The van der Waals surface area contributed by atoms with Gasteiger partial charge in [0.2, 0.25) is 0 Å². The molecule has 0 atom stereocenters. The molecule has 1 aromatic heterocycles. The smallest absolute Gasteiger partial charge is 0.273 e. The molecule has 0 bridgehead atoms. The van der Waals surface area contributed by atoms with Crippen LogP contribution in [0.1, 0.15) is 68.9 Å². The van der Waals surface area contributed by atoms with E-state index >= 15 is 0 Å².